The molecule has 3 nitrogen and oxygen atoms in total. The van der Waals surface area contributed by atoms with E-state index in [0.717, 1.165) is 35.9 Å². The lowest BCUT2D eigenvalue weighted by Crippen LogP contribution is -2.07. The van der Waals surface area contributed by atoms with Crippen molar-refractivity contribution in [2.75, 3.05) is 11.9 Å². The summed E-state index contributed by atoms with van der Waals surface area (Å²) >= 11 is 1.74. The number of hydrogen-bond donors (Lipinski definition) is 1. The smallest absolute Gasteiger partial charge is 0.133 e. The number of hydrogen-bond acceptors (Lipinski definition) is 4. The molecule has 0 aromatic carbocycles. The minimum Gasteiger partial charge on any atom is -0.370 e. The lowest BCUT2D eigenvalue weighted by atomic mass is 10.1. The van der Waals surface area contributed by atoms with E-state index in [1.807, 2.05) is 0 Å². The molecule has 0 spiro atoms. The second-order valence-electron chi connectivity index (χ2n) is 4.28. The molecule has 0 aliphatic rings. The first-order valence-electron chi connectivity index (χ1n) is 6.33. The molecule has 0 amide bonds. The molecule has 0 saturated heterocycles. The van der Waals surface area contributed by atoms with Gasteiger partial charge in [0.15, 0.2) is 0 Å². The summed E-state index contributed by atoms with van der Waals surface area (Å²) in [4.78, 5) is 10.5. The summed E-state index contributed by atoms with van der Waals surface area (Å²) in [7, 11) is 0. The number of aryl methyl sites for hydroxylation is 2. The van der Waals surface area contributed by atoms with Crippen LogP contribution in [0.4, 0.5) is 5.82 Å². The Balaban J connectivity index is 2.59. The Kier molecular flexibility index (Phi) is 3.97. The Labute approximate surface area is 112 Å². The number of aromatic nitrogens is 2. The number of thiophene rings is 1. The molecule has 0 radical (unpaired) electrons. The highest BCUT2D eigenvalue weighted by atomic mass is 32.1. The first kappa shape index (κ1) is 13.0. The van der Waals surface area contributed by atoms with Gasteiger partial charge in [0, 0.05) is 18.5 Å². The normalized spacial score (nSPS) is 10.7. The van der Waals surface area contributed by atoms with Crippen molar-refractivity contribution in [3.05, 3.63) is 28.4 Å². The standard InChI is InChI=1S/C14H19N3S/c1-5-11-16-12(13-9(3)7-8-18-13)10(4)14(17-11)15-6-2/h7-8H,5-6H2,1-4H3,(H,15,16,17). The van der Waals surface area contributed by atoms with E-state index in [4.69, 9.17) is 4.98 Å². The van der Waals surface area contributed by atoms with Gasteiger partial charge in [-0.25, -0.2) is 9.97 Å². The Morgan fingerprint density at radius 3 is 2.56 bits per heavy atom. The van der Waals surface area contributed by atoms with E-state index in [0.29, 0.717) is 0 Å². The maximum Gasteiger partial charge on any atom is 0.133 e. The predicted molar refractivity (Wildman–Crippen MR) is 78.4 cm³/mol. The largest absolute Gasteiger partial charge is 0.370 e. The molecular weight excluding hydrogens is 242 g/mol. The average molecular weight is 261 g/mol. The lowest BCUT2D eigenvalue weighted by Gasteiger charge is -2.12. The van der Waals surface area contributed by atoms with Gasteiger partial charge in [-0.3, -0.25) is 0 Å². The van der Waals surface area contributed by atoms with Gasteiger partial charge < -0.3 is 5.32 Å². The first-order chi connectivity index (χ1) is 8.67. The topological polar surface area (TPSA) is 37.8 Å². The van der Waals surface area contributed by atoms with Gasteiger partial charge in [0.1, 0.15) is 11.6 Å². The number of nitrogens with one attached hydrogen (secondary N) is 1. The van der Waals surface area contributed by atoms with E-state index in [-0.39, 0.29) is 0 Å². The number of nitrogens with zero attached hydrogens (tertiary/aromatic N) is 2. The summed E-state index contributed by atoms with van der Waals surface area (Å²) in [6.07, 6.45) is 0.857. The second kappa shape index (κ2) is 5.48. The molecule has 2 heterocycles. The van der Waals surface area contributed by atoms with Crippen molar-refractivity contribution in [2.24, 2.45) is 0 Å². The third-order valence-electron chi connectivity index (χ3n) is 2.93. The fraction of sp³-hybridized carbons (Fsp3) is 0.429. The van der Waals surface area contributed by atoms with Crippen LogP contribution in [0.3, 0.4) is 0 Å². The number of anilines is 1. The third kappa shape index (κ3) is 2.38. The van der Waals surface area contributed by atoms with Gasteiger partial charge in [-0.05, 0) is 37.8 Å². The summed E-state index contributed by atoms with van der Waals surface area (Å²) in [6, 6.07) is 2.14. The fourth-order valence-corrected chi connectivity index (χ4v) is 2.87. The van der Waals surface area contributed by atoms with Crippen LogP contribution in [0, 0.1) is 13.8 Å². The zero-order valence-corrected chi connectivity index (χ0v) is 12.2. The molecule has 96 valence electrons. The Hall–Kier alpha value is -1.42. The molecule has 2 aromatic rings. The summed E-state index contributed by atoms with van der Waals surface area (Å²) in [6.45, 7) is 9.27. The highest BCUT2D eigenvalue weighted by Crippen LogP contribution is 2.32. The third-order valence-corrected chi connectivity index (χ3v) is 3.95. The Bertz CT molecular complexity index is 546. The average Bonchev–Trinajstić information content (AvgIpc) is 2.78. The maximum atomic E-state index is 4.70. The zero-order chi connectivity index (χ0) is 13.1. The van der Waals surface area contributed by atoms with Gasteiger partial charge in [0.25, 0.3) is 0 Å². The molecule has 0 aliphatic carbocycles. The van der Waals surface area contributed by atoms with Crippen molar-refractivity contribution in [1.82, 2.24) is 9.97 Å². The predicted octanol–water partition coefficient (Wildman–Crippen LogP) is 3.82. The van der Waals surface area contributed by atoms with Crippen LogP contribution in [0.5, 0.6) is 0 Å². The van der Waals surface area contributed by atoms with Crippen LogP contribution in [0.2, 0.25) is 0 Å². The lowest BCUT2D eigenvalue weighted by molar-refractivity contribution is 0.931. The van der Waals surface area contributed by atoms with E-state index >= 15 is 0 Å². The molecule has 1 N–H and O–H groups in total. The Morgan fingerprint density at radius 1 is 1.22 bits per heavy atom. The van der Waals surface area contributed by atoms with Crippen molar-refractivity contribution >= 4 is 17.2 Å². The van der Waals surface area contributed by atoms with Gasteiger partial charge in [0.2, 0.25) is 0 Å². The van der Waals surface area contributed by atoms with Crippen LogP contribution in [-0.2, 0) is 6.42 Å². The van der Waals surface area contributed by atoms with E-state index in [1.54, 1.807) is 11.3 Å². The van der Waals surface area contributed by atoms with Crippen molar-refractivity contribution in [2.45, 2.75) is 34.1 Å². The van der Waals surface area contributed by atoms with E-state index < -0.39 is 0 Å². The molecule has 0 unspecified atom stereocenters. The quantitative estimate of drug-likeness (QED) is 0.909. The molecule has 0 aliphatic heterocycles. The fourth-order valence-electron chi connectivity index (χ4n) is 1.90. The van der Waals surface area contributed by atoms with E-state index in [1.165, 1.54) is 10.4 Å². The van der Waals surface area contributed by atoms with Gasteiger partial charge in [-0.1, -0.05) is 6.92 Å². The van der Waals surface area contributed by atoms with Crippen LogP contribution in [0.15, 0.2) is 11.4 Å². The highest BCUT2D eigenvalue weighted by Gasteiger charge is 2.14. The molecule has 2 rings (SSSR count). The molecule has 0 saturated carbocycles. The molecule has 0 atom stereocenters. The summed E-state index contributed by atoms with van der Waals surface area (Å²) in [5, 5.41) is 5.44. The van der Waals surface area contributed by atoms with Crippen LogP contribution < -0.4 is 5.32 Å². The minimum atomic E-state index is 0.857. The van der Waals surface area contributed by atoms with Crippen molar-refractivity contribution in [1.29, 1.82) is 0 Å². The summed E-state index contributed by atoms with van der Waals surface area (Å²) in [5.74, 6) is 1.87. The van der Waals surface area contributed by atoms with Crippen molar-refractivity contribution in [3.63, 3.8) is 0 Å². The first-order valence-corrected chi connectivity index (χ1v) is 7.21. The molecule has 0 bridgehead atoms. The van der Waals surface area contributed by atoms with Crippen molar-refractivity contribution < 1.29 is 0 Å². The van der Waals surface area contributed by atoms with Gasteiger partial charge in [0.05, 0.1) is 10.6 Å². The maximum absolute atomic E-state index is 4.70. The molecule has 18 heavy (non-hydrogen) atoms. The highest BCUT2D eigenvalue weighted by molar-refractivity contribution is 7.13. The monoisotopic (exact) mass is 261 g/mol. The van der Waals surface area contributed by atoms with Crippen LogP contribution >= 0.6 is 11.3 Å². The minimum absolute atomic E-state index is 0.857. The number of rotatable bonds is 4. The van der Waals surface area contributed by atoms with Crippen LogP contribution in [0.25, 0.3) is 10.6 Å². The summed E-state index contributed by atoms with van der Waals surface area (Å²) < 4.78 is 0. The molecular formula is C14H19N3S. The Morgan fingerprint density at radius 2 is 2.00 bits per heavy atom. The van der Waals surface area contributed by atoms with Crippen LogP contribution in [0.1, 0.15) is 30.8 Å². The van der Waals surface area contributed by atoms with E-state index in [9.17, 15) is 0 Å². The molecule has 4 heteroatoms. The molecule has 0 fully saturated rings. The van der Waals surface area contributed by atoms with Gasteiger partial charge >= 0.3 is 0 Å². The molecule has 2 aromatic heterocycles. The summed E-state index contributed by atoms with van der Waals surface area (Å²) in [5.41, 5.74) is 3.50. The van der Waals surface area contributed by atoms with Crippen LogP contribution in [-0.4, -0.2) is 16.5 Å². The van der Waals surface area contributed by atoms with Gasteiger partial charge in [-0.15, -0.1) is 11.3 Å². The zero-order valence-electron chi connectivity index (χ0n) is 11.4. The van der Waals surface area contributed by atoms with E-state index in [2.05, 4.69) is 49.4 Å². The second-order valence-corrected chi connectivity index (χ2v) is 5.19. The van der Waals surface area contributed by atoms with Gasteiger partial charge in [-0.2, -0.15) is 0 Å². The SMILES string of the molecule is CCNc1nc(CC)nc(-c2sccc2C)c1C. The van der Waals surface area contributed by atoms with Crippen molar-refractivity contribution in [3.8, 4) is 10.6 Å².